The summed E-state index contributed by atoms with van der Waals surface area (Å²) in [6.07, 6.45) is 1.28. The Morgan fingerprint density at radius 2 is 1.69 bits per heavy atom. The highest BCUT2D eigenvalue weighted by atomic mass is 16.5. The summed E-state index contributed by atoms with van der Waals surface area (Å²) in [6.45, 7) is 1.02. The zero-order valence-electron chi connectivity index (χ0n) is 13.9. The Labute approximate surface area is 148 Å². The number of imide groups is 1. The lowest BCUT2D eigenvalue weighted by molar-refractivity contribution is -0.145. The van der Waals surface area contributed by atoms with Gasteiger partial charge in [-0.2, -0.15) is 0 Å². The van der Waals surface area contributed by atoms with Crippen molar-refractivity contribution < 1.29 is 33.1 Å². The fourth-order valence-corrected chi connectivity index (χ4v) is 2.55. The van der Waals surface area contributed by atoms with E-state index in [1.165, 1.54) is 24.5 Å². The molecule has 8 nitrogen and oxygen atoms in total. The highest BCUT2D eigenvalue weighted by molar-refractivity contribution is 6.22. The maximum atomic E-state index is 12.2. The molecule has 0 bridgehead atoms. The molecule has 134 valence electrons. The third-order valence-electron chi connectivity index (χ3n) is 3.77. The lowest BCUT2D eigenvalue weighted by Crippen LogP contribution is -2.35. The Bertz CT molecular complexity index is 848. The molecule has 2 aromatic rings. The van der Waals surface area contributed by atoms with E-state index < -0.39 is 30.3 Å². The molecule has 2 amide bonds. The molecule has 0 fully saturated rings. The largest absolute Gasteiger partial charge is 0.465 e. The van der Waals surface area contributed by atoms with Crippen molar-refractivity contribution in [2.45, 2.75) is 13.5 Å². The summed E-state index contributed by atoms with van der Waals surface area (Å²) in [5, 5.41) is 0. The molecule has 0 aliphatic carbocycles. The van der Waals surface area contributed by atoms with Crippen molar-refractivity contribution in [1.82, 2.24) is 4.90 Å². The van der Waals surface area contributed by atoms with Crippen LogP contribution in [0.25, 0.3) is 0 Å². The molecule has 0 N–H and O–H groups in total. The average molecular weight is 357 g/mol. The van der Waals surface area contributed by atoms with Crippen molar-refractivity contribution in [1.29, 1.82) is 0 Å². The predicted octanol–water partition coefficient (Wildman–Crippen LogP) is 1.80. The Balaban J connectivity index is 1.61. The van der Waals surface area contributed by atoms with Crippen LogP contribution in [0.5, 0.6) is 0 Å². The van der Waals surface area contributed by atoms with Gasteiger partial charge in [-0.15, -0.1) is 0 Å². The zero-order chi connectivity index (χ0) is 18.7. The summed E-state index contributed by atoms with van der Waals surface area (Å²) in [6, 6.07) is 7.73. The number of rotatable bonds is 6. The minimum absolute atomic E-state index is 0.124. The maximum Gasteiger partial charge on any atom is 0.341 e. The molecular weight excluding hydrogens is 342 g/mol. The first-order valence-electron chi connectivity index (χ1n) is 7.87. The molecule has 0 spiro atoms. The maximum absolute atomic E-state index is 12.2. The van der Waals surface area contributed by atoms with Gasteiger partial charge in [-0.1, -0.05) is 12.1 Å². The fraction of sp³-hybridized carbons (Fsp3) is 0.222. The number of ether oxygens (including phenoxy) is 2. The van der Waals surface area contributed by atoms with E-state index in [0.717, 1.165) is 4.90 Å². The number of hydrogen-bond donors (Lipinski definition) is 0. The number of fused-ring (bicyclic) bond motifs is 1. The van der Waals surface area contributed by atoms with Gasteiger partial charge in [0, 0.05) is 0 Å². The molecule has 8 heteroatoms. The Kier molecular flexibility index (Phi) is 4.83. The minimum Gasteiger partial charge on any atom is -0.465 e. The average Bonchev–Trinajstić information content (AvgIpc) is 3.20. The van der Waals surface area contributed by atoms with E-state index in [1.54, 1.807) is 19.1 Å². The second kappa shape index (κ2) is 7.22. The van der Waals surface area contributed by atoms with Gasteiger partial charge in [0.25, 0.3) is 11.8 Å². The molecule has 26 heavy (non-hydrogen) atoms. The summed E-state index contributed by atoms with van der Waals surface area (Å²) >= 11 is 0. The summed E-state index contributed by atoms with van der Waals surface area (Å²) in [5.74, 6) is -2.36. The molecule has 0 unspecified atom stereocenters. The monoisotopic (exact) mass is 357 g/mol. The van der Waals surface area contributed by atoms with Crippen LogP contribution in [0.2, 0.25) is 0 Å². The van der Waals surface area contributed by atoms with E-state index in [-0.39, 0.29) is 35.7 Å². The van der Waals surface area contributed by atoms with Crippen LogP contribution in [0.15, 0.2) is 41.0 Å². The first-order valence-corrected chi connectivity index (χ1v) is 7.87. The number of nitrogens with zero attached hydrogens (tertiary/aromatic N) is 1. The van der Waals surface area contributed by atoms with Gasteiger partial charge in [-0.05, 0) is 25.1 Å². The summed E-state index contributed by atoms with van der Waals surface area (Å²) in [4.78, 5) is 49.0. The van der Waals surface area contributed by atoms with E-state index >= 15 is 0 Å². The van der Waals surface area contributed by atoms with Gasteiger partial charge in [0.15, 0.2) is 5.76 Å². The quantitative estimate of drug-likeness (QED) is 0.573. The zero-order valence-corrected chi connectivity index (χ0v) is 13.9. The third-order valence-corrected chi connectivity index (χ3v) is 3.77. The first kappa shape index (κ1) is 17.4. The van der Waals surface area contributed by atoms with Crippen molar-refractivity contribution in [3.05, 3.63) is 59.0 Å². The van der Waals surface area contributed by atoms with Crippen LogP contribution in [0.3, 0.4) is 0 Å². The topological polar surface area (TPSA) is 103 Å². The number of carbonyl (C=O) groups is 4. The van der Waals surface area contributed by atoms with Gasteiger partial charge in [-0.3, -0.25) is 19.3 Å². The molecule has 0 atom stereocenters. The summed E-state index contributed by atoms with van der Waals surface area (Å²) < 4.78 is 15.0. The SMILES string of the molecule is CCOC(=O)c1ccoc1COC(=O)CN1C(=O)c2ccccc2C1=O. The highest BCUT2D eigenvalue weighted by Gasteiger charge is 2.36. The fourth-order valence-electron chi connectivity index (χ4n) is 2.55. The van der Waals surface area contributed by atoms with Crippen LogP contribution in [-0.4, -0.2) is 41.8 Å². The minimum atomic E-state index is -0.800. The Hall–Kier alpha value is -3.42. The first-order chi connectivity index (χ1) is 12.5. The molecule has 1 aliphatic rings. The Morgan fingerprint density at radius 1 is 1.04 bits per heavy atom. The highest BCUT2D eigenvalue weighted by Crippen LogP contribution is 2.22. The molecule has 1 aromatic heterocycles. The predicted molar refractivity (Wildman–Crippen MR) is 86.3 cm³/mol. The van der Waals surface area contributed by atoms with E-state index in [0.29, 0.717) is 0 Å². The van der Waals surface area contributed by atoms with Gasteiger partial charge >= 0.3 is 11.9 Å². The van der Waals surface area contributed by atoms with E-state index in [4.69, 9.17) is 13.9 Å². The van der Waals surface area contributed by atoms with Gasteiger partial charge < -0.3 is 13.9 Å². The van der Waals surface area contributed by atoms with Crippen LogP contribution in [-0.2, 0) is 20.9 Å². The number of benzene rings is 1. The van der Waals surface area contributed by atoms with Crippen LogP contribution < -0.4 is 0 Å². The lowest BCUT2D eigenvalue weighted by atomic mass is 10.1. The molecule has 0 saturated heterocycles. The van der Waals surface area contributed by atoms with Crippen molar-refractivity contribution >= 4 is 23.8 Å². The van der Waals surface area contributed by atoms with Crippen LogP contribution >= 0.6 is 0 Å². The number of furan rings is 1. The standard InChI is InChI=1S/C18H15NO7/c1-2-24-18(23)13-7-8-25-14(13)10-26-15(20)9-19-16(21)11-5-3-4-6-12(11)17(19)22/h3-8H,2,9-10H2,1H3. The third kappa shape index (κ3) is 3.21. The summed E-state index contributed by atoms with van der Waals surface area (Å²) in [5.41, 5.74) is 0.655. The second-order valence-corrected chi connectivity index (χ2v) is 5.38. The van der Waals surface area contributed by atoms with E-state index in [2.05, 4.69) is 0 Å². The Morgan fingerprint density at radius 3 is 2.31 bits per heavy atom. The normalized spacial score (nSPS) is 12.9. The van der Waals surface area contributed by atoms with E-state index in [9.17, 15) is 19.2 Å². The van der Waals surface area contributed by atoms with Gasteiger partial charge in [0.05, 0.1) is 24.0 Å². The number of carbonyl (C=O) groups excluding carboxylic acids is 4. The molecule has 3 rings (SSSR count). The second-order valence-electron chi connectivity index (χ2n) is 5.38. The molecule has 0 saturated carbocycles. The van der Waals surface area contributed by atoms with E-state index in [1.807, 2.05) is 0 Å². The molecule has 1 aromatic carbocycles. The lowest BCUT2D eigenvalue weighted by Gasteiger charge is -2.12. The van der Waals surface area contributed by atoms with Gasteiger partial charge in [0.2, 0.25) is 0 Å². The van der Waals surface area contributed by atoms with Crippen molar-refractivity contribution in [2.75, 3.05) is 13.2 Å². The van der Waals surface area contributed by atoms with Gasteiger partial charge in [0.1, 0.15) is 18.7 Å². The van der Waals surface area contributed by atoms with Crippen LogP contribution in [0, 0.1) is 0 Å². The molecular formula is C18H15NO7. The van der Waals surface area contributed by atoms with Crippen molar-refractivity contribution in [3.8, 4) is 0 Å². The van der Waals surface area contributed by atoms with Crippen molar-refractivity contribution in [3.63, 3.8) is 0 Å². The molecule has 0 radical (unpaired) electrons. The van der Waals surface area contributed by atoms with Crippen LogP contribution in [0.4, 0.5) is 0 Å². The molecule has 2 heterocycles. The van der Waals surface area contributed by atoms with Crippen LogP contribution in [0.1, 0.15) is 43.8 Å². The smallest absolute Gasteiger partial charge is 0.341 e. The summed E-state index contributed by atoms with van der Waals surface area (Å²) in [7, 11) is 0. The van der Waals surface area contributed by atoms with Gasteiger partial charge in [-0.25, -0.2) is 4.79 Å². The molecule has 1 aliphatic heterocycles. The number of hydrogen-bond acceptors (Lipinski definition) is 7. The van der Waals surface area contributed by atoms with Crippen molar-refractivity contribution in [2.24, 2.45) is 0 Å². The number of amides is 2. The number of esters is 2.